The van der Waals surface area contributed by atoms with E-state index in [1.807, 2.05) is 19.1 Å². The van der Waals surface area contributed by atoms with Crippen molar-refractivity contribution in [2.24, 2.45) is 16.6 Å². The number of hydrogen-bond donors (Lipinski definition) is 3. The zero-order valence-corrected chi connectivity index (χ0v) is 21.4. The summed E-state index contributed by atoms with van der Waals surface area (Å²) in [6, 6.07) is 9.96. The zero-order valence-electron chi connectivity index (χ0n) is 21.4. The number of aliphatic hydroxyl groups is 1. The number of anilines is 2. The maximum Gasteiger partial charge on any atom is 0.156 e. The first-order chi connectivity index (χ1) is 19.0. The first-order valence-corrected chi connectivity index (χ1v) is 12.5. The number of allylic oxidation sites excluding steroid dienone is 1. The number of aliphatic imine (C=N–C) groups is 1. The van der Waals surface area contributed by atoms with Crippen LogP contribution in [0.2, 0.25) is 0 Å². The monoisotopic (exact) mass is 528 g/mol. The molecule has 0 bridgehead atoms. The summed E-state index contributed by atoms with van der Waals surface area (Å²) in [5.74, 6) is 0.693. The molecule has 10 heteroatoms. The topological polar surface area (TPSA) is 128 Å². The second-order valence-electron chi connectivity index (χ2n) is 9.22. The predicted octanol–water partition coefficient (Wildman–Crippen LogP) is 4.39. The minimum atomic E-state index is -0.458. The molecule has 0 radical (unpaired) electrons. The quantitative estimate of drug-likeness (QED) is 0.204. The Labute approximate surface area is 224 Å². The standard InChI is InChI=1S/C29H29FN6O3/c1-3-21(13-37)33-12-19(11-31)18-9-25-27(26(10-18)39-17(2)20-14-38-15-20)29(35-16-34-25)36-24-7-6-23-22(28(24)30)5-4-8-32-23/h3-12,16-17,20-21,37H,1,13-15,31H2,2H3,(H,34,35,36)/b19-11+,33-12?/t17-,21+/m1/s1. The number of aliphatic hydroxyl groups excluding tert-OH is 1. The number of rotatable bonds is 10. The van der Waals surface area contributed by atoms with Gasteiger partial charge in [0, 0.05) is 35.5 Å². The molecule has 1 aliphatic heterocycles. The number of pyridine rings is 1. The SMILES string of the molecule is C=C[C@@H](CO)N=C/C(=C\N)c1cc(O[C@H](C)C2COC2)c2c(Nc3ccc4ncccc4c3F)ncnc2c1. The summed E-state index contributed by atoms with van der Waals surface area (Å²) >= 11 is 0. The van der Waals surface area contributed by atoms with Crippen molar-refractivity contribution < 1.29 is 19.0 Å². The molecule has 2 aromatic heterocycles. The van der Waals surface area contributed by atoms with Gasteiger partial charge in [-0.1, -0.05) is 6.08 Å². The van der Waals surface area contributed by atoms with Crippen LogP contribution in [0.1, 0.15) is 12.5 Å². The highest BCUT2D eigenvalue weighted by atomic mass is 19.1. The molecule has 1 fully saturated rings. The summed E-state index contributed by atoms with van der Waals surface area (Å²) < 4.78 is 27.2. The van der Waals surface area contributed by atoms with E-state index in [0.717, 1.165) is 0 Å². The predicted molar refractivity (Wildman–Crippen MR) is 151 cm³/mol. The Morgan fingerprint density at radius 2 is 2.13 bits per heavy atom. The smallest absolute Gasteiger partial charge is 0.156 e. The van der Waals surface area contributed by atoms with Crippen molar-refractivity contribution in [3.63, 3.8) is 0 Å². The van der Waals surface area contributed by atoms with E-state index in [4.69, 9.17) is 15.2 Å². The highest BCUT2D eigenvalue weighted by Crippen LogP contribution is 2.37. The van der Waals surface area contributed by atoms with Crippen LogP contribution in [-0.4, -0.2) is 58.2 Å². The maximum absolute atomic E-state index is 15.4. The van der Waals surface area contributed by atoms with Gasteiger partial charge in [-0.05, 0) is 48.9 Å². The van der Waals surface area contributed by atoms with Gasteiger partial charge in [0.25, 0.3) is 0 Å². The van der Waals surface area contributed by atoms with Crippen LogP contribution in [0.5, 0.6) is 5.75 Å². The number of benzene rings is 2. The summed E-state index contributed by atoms with van der Waals surface area (Å²) in [7, 11) is 0. The number of halogens is 1. The lowest BCUT2D eigenvalue weighted by Crippen LogP contribution is -2.39. The van der Waals surface area contributed by atoms with Gasteiger partial charge >= 0.3 is 0 Å². The Morgan fingerprint density at radius 3 is 2.85 bits per heavy atom. The lowest BCUT2D eigenvalue weighted by molar-refractivity contribution is -0.0773. The van der Waals surface area contributed by atoms with Gasteiger partial charge in [-0.25, -0.2) is 14.4 Å². The average Bonchev–Trinajstić information content (AvgIpc) is 2.92. The van der Waals surface area contributed by atoms with Crippen LogP contribution in [-0.2, 0) is 4.74 Å². The van der Waals surface area contributed by atoms with Gasteiger partial charge < -0.3 is 25.6 Å². The molecule has 0 aliphatic carbocycles. The summed E-state index contributed by atoms with van der Waals surface area (Å²) in [6.45, 7) is 6.72. The van der Waals surface area contributed by atoms with Gasteiger partial charge in [0.2, 0.25) is 0 Å². The molecule has 5 rings (SSSR count). The molecule has 3 heterocycles. The lowest BCUT2D eigenvalue weighted by Gasteiger charge is -2.32. The molecule has 200 valence electrons. The van der Waals surface area contributed by atoms with Crippen molar-refractivity contribution in [2.75, 3.05) is 25.1 Å². The van der Waals surface area contributed by atoms with Crippen LogP contribution in [0.25, 0.3) is 27.4 Å². The van der Waals surface area contributed by atoms with Crippen molar-refractivity contribution >= 4 is 45.1 Å². The molecular formula is C29H29FN6O3. The van der Waals surface area contributed by atoms with Gasteiger partial charge in [0.15, 0.2) is 5.82 Å². The first-order valence-electron chi connectivity index (χ1n) is 12.5. The third kappa shape index (κ3) is 5.43. The van der Waals surface area contributed by atoms with Crippen LogP contribution in [0.15, 0.2) is 72.8 Å². The largest absolute Gasteiger partial charge is 0.489 e. The summed E-state index contributed by atoms with van der Waals surface area (Å²) in [5.41, 5.74) is 8.63. The van der Waals surface area contributed by atoms with Crippen molar-refractivity contribution in [3.05, 3.63) is 79.2 Å². The van der Waals surface area contributed by atoms with Crippen molar-refractivity contribution in [2.45, 2.75) is 19.1 Å². The molecule has 4 N–H and O–H groups in total. The van der Waals surface area contributed by atoms with E-state index in [2.05, 4.69) is 31.8 Å². The van der Waals surface area contributed by atoms with E-state index in [9.17, 15) is 5.11 Å². The normalized spacial score (nSPS) is 15.8. The van der Waals surface area contributed by atoms with Crippen molar-refractivity contribution in [1.29, 1.82) is 0 Å². The number of nitrogens with one attached hydrogen (secondary N) is 1. The number of nitrogens with two attached hydrogens (primary N) is 1. The molecule has 4 aromatic rings. The average molecular weight is 529 g/mol. The molecule has 0 saturated carbocycles. The van der Waals surface area contributed by atoms with E-state index < -0.39 is 11.9 Å². The van der Waals surface area contributed by atoms with Gasteiger partial charge in [-0.15, -0.1) is 6.58 Å². The number of fused-ring (bicyclic) bond motifs is 2. The zero-order chi connectivity index (χ0) is 27.4. The Hall–Kier alpha value is -4.41. The van der Waals surface area contributed by atoms with Crippen LogP contribution < -0.4 is 15.8 Å². The molecule has 0 unspecified atom stereocenters. The number of hydrogen-bond acceptors (Lipinski definition) is 9. The van der Waals surface area contributed by atoms with Crippen LogP contribution in [0, 0.1) is 11.7 Å². The summed E-state index contributed by atoms with van der Waals surface area (Å²) in [4.78, 5) is 17.5. The van der Waals surface area contributed by atoms with Gasteiger partial charge in [-0.3, -0.25) is 9.98 Å². The van der Waals surface area contributed by atoms with E-state index >= 15 is 4.39 Å². The van der Waals surface area contributed by atoms with Gasteiger partial charge in [0.1, 0.15) is 24.0 Å². The molecule has 0 spiro atoms. The molecule has 1 aliphatic rings. The summed E-state index contributed by atoms with van der Waals surface area (Å²) in [5, 5.41) is 13.6. The number of aromatic nitrogens is 3. The molecular weight excluding hydrogens is 499 g/mol. The van der Waals surface area contributed by atoms with Crippen LogP contribution in [0.3, 0.4) is 0 Å². The summed E-state index contributed by atoms with van der Waals surface area (Å²) in [6.07, 6.45) is 7.42. The Balaban J connectivity index is 1.60. The fraction of sp³-hybridized carbons (Fsp3) is 0.241. The number of nitrogens with zero attached hydrogens (tertiary/aromatic N) is 4. The maximum atomic E-state index is 15.4. The molecule has 39 heavy (non-hydrogen) atoms. The minimum absolute atomic E-state index is 0.160. The molecule has 1 saturated heterocycles. The highest BCUT2D eigenvalue weighted by molar-refractivity contribution is 6.11. The van der Waals surface area contributed by atoms with Crippen molar-refractivity contribution in [1.82, 2.24) is 15.0 Å². The second kappa shape index (κ2) is 11.5. The minimum Gasteiger partial charge on any atom is -0.489 e. The Bertz CT molecular complexity index is 1570. The van der Waals surface area contributed by atoms with E-state index in [-0.39, 0.29) is 24.3 Å². The molecule has 0 amide bonds. The van der Waals surface area contributed by atoms with Crippen molar-refractivity contribution in [3.8, 4) is 5.75 Å². The number of ether oxygens (including phenoxy) is 2. The van der Waals surface area contributed by atoms with Crippen LogP contribution in [0.4, 0.5) is 15.9 Å². The Kier molecular flexibility index (Phi) is 7.76. The van der Waals surface area contributed by atoms with Gasteiger partial charge in [-0.2, -0.15) is 0 Å². The highest BCUT2D eigenvalue weighted by Gasteiger charge is 2.28. The molecule has 2 aromatic carbocycles. The van der Waals surface area contributed by atoms with Gasteiger partial charge in [0.05, 0.1) is 48.0 Å². The van der Waals surface area contributed by atoms with E-state index in [0.29, 0.717) is 57.7 Å². The van der Waals surface area contributed by atoms with E-state index in [1.165, 1.54) is 12.5 Å². The fourth-order valence-electron chi connectivity index (χ4n) is 4.24. The third-order valence-corrected chi connectivity index (χ3v) is 6.69. The lowest BCUT2D eigenvalue weighted by atomic mass is 10.0. The van der Waals surface area contributed by atoms with E-state index in [1.54, 1.807) is 42.8 Å². The first kappa shape index (κ1) is 26.2. The third-order valence-electron chi connectivity index (χ3n) is 6.69. The fourth-order valence-corrected chi connectivity index (χ4v) is 4.24. The molecule has 9 nitrogen and oxygen atoms in total. The molecule has 2 atom stereocenters. The van der Waals surface area contributed by atoms with Crippen LogP contribution >= 0.6 is 0 Å². The Morgan fingerprint density at radius 1 is 1.28 bits per heavy atom. The second-order valence-corrected chi connectivity index (χ2v) is 9.22.